The molecule has 29 heavy (non-hydrogen) atoms. The van der Waals surface area contributed by atoms with E-state index in [-0.39, 0.29) is 12.5 Å². The Balaban J connectivity index is 1.80. The zero-order valence-electron chi connectivity index (χ0n) is 16.9. The van der Waals surface area contributed by atoms with Gasteiger partial charge in [-0.15, -0.1) is 5.10 Å². The number of amides is 1. The van der Waals surface area contributed by atoms with E-state index in [9.17, 15) is 9.90 Å². The molecule has 7 nitrogen and oxygen atoms in total. The molecule has 0 saturated heterocycles. The van der Waals surface area contributed by atoms with Crippen LogP contribution in [-0.2, 0) is 0 Å². The highest BCUT2D eigenvalue weighted by Crippen LogP contribution is 2.39. The van der Waals surface area contributed by atoms with Crippen LogP contribution in [0.15, 0.2) is 42.5 Å². The fraction of sp³-hybridized carbons (Fsp3) is 0.364. The highest BCUT2D eigenvalue weighted by molar-refractivity contribution is 5.96. The topological polar surface area (TPSA) is 92.9 Å². The lowest BCUT2D eigenvalue weighted by atomic mass is 9.99. The molecule has 1 amide bonds. The Labute approximate surface area is 169 Å². The van der Waals surface area contributed by atoms with Crippen LogP contribution in [0.3, 0.4) is 0 Å². The van der Waals surface area contributed by atoms with Gasteiger partial charge in [-0.1, -0.05) is 29.8 Å². The summed E-state index contributed by atoms with van der Waals surface area (Å²) in [6.45, 7) is 5.45. The Hall–Kier alpha value is -3.06. The largest absolute Gasteiger partial charge is 0.394 e. The SMILES string of the molecule is Cc1ccc(-c2cc(C(=O)NC(C)(C)CO)cc(-n3nnnc3C3CC3)c2)cc1. The average Bonchev–Trinajstić information content (AvgIpc) is 3.44. The monoisotopic (exact) mass is 391 g/mol. The second kappa shape index (κ2) is 7.40. The van der Waals surface area contributed by atoms with Gasteiger partial charge in [0.2, 0.25) is 0 Å². The average molecular weight is 391 g/mol. The van der Waals surface area contributed by atoms with Gasteiger partial charge >= 0.3 is 0 Å². The first kappa shape index (κ1) is 19.3. The van der Waals surface area contributed by atoms with Crippen molar-refractivity contribution in [3.05, 3.63) is 59.4 Å². The minimum absolute atomic E-state index is 0.151. The molecule has 1 aromatic heterocycles. The van der Waals surface area contributed by atoms with Gasteiger partial charge in [0.05, 0.1) is 17.8 Å². The number of rotatable bonds is 6. The van der Waals surface area contributed by atoms with Gasteiger partial charge in [0.25, 0.3) is 5.91 Å². The van der Waals surface area contributed by atoms with Crippen LogP contribution >= 0.6 is 0 Å². The number of aromatic nitrogens is 4. The molecule has 1 heterocycles. The van der Waals surface area contributed by atoms with E-state index >= 15 is 0 Å². The van der Waals surface area contributed by atoms with Crippen molar-refractivity contribution in [3.8, 4) is 16.8 Å². The molecule has 150 valence electrons. The number of aliphatic hydroxyl groups excluding tert-OH is 1. The summed E-state index contributed by atoms with van der Waals surface area (Å²) in [5.74, 6) is 0.951. The number of hydrogen-bond acceptors (Lipinski definition) is 5. The van der Waals surface area contributed by atoms with E-state index in [4.69, 9.17) is 0 Å². The van der Waals surface area contributed by atoms with Crippen LogP contribution in [0.1, 0.15) is 54.4 Å². The van der Waals surface area contributed by atoms with Crippen LogP contribution < -0.4 is 5.32 Å². The third kappa shape index (κ3) is 4.19. The van der Waals surface area contributed by atoms with Crippen molar-refractivity contribution in [2.24, 2.45) is 0 Å². The molecule has 2 N–H and O–H groups in total. The van der Waals surface area contributed by atoms with E-state index in [1.807, 2.05) is 43.3 Å². The van der Waals surface area contributed by atoms with E-state index in [0.717, 1.165) is 35.5 Å². The van der Waals surface area contributed by atoms with Gasteiger partial charge < -0.3 is 10.4 Å². The number of carbonyl (C=O) groups excluding carboxylic acids is 1. The molecule has 0 aliphatic heterocycles. The number of nitrogens with one attached hydrogen (secondary N) is 1. The molecule has 0 atom stereocenters. The predicted octanol–water partition coefficient (Wildman–Crippen LogP) is 3.02. The summed E-state index contributed by atoms with van der Waals surface area (Å²) in [7, 11) is 0. The molecule has 0 radical (unpaired) electrons. The number of hydrogen-bond donors (Lipinski definition) is 2. The van der Waals surface area contributed by atoms with Crippen LogP contribution in [0.2, 0.25) is 0 Å². The lowest BCUT2D eigenvalue weighted by Crippen LogP contribution is -2.46. The lowest BCUT2D eigenvalue weighted by molar-refractivity contribution is 0.0869. The molecule has 0 unspecified atom stereocenters. The van der Waals surface area contributed by atoms with Crippen molar-refractivity contribution in [1.29, 1.82) is 0 Å². The Morgan fingerprint density at radius 2 is 1.90 bits per heavy atom. The molecule has 1 saturated carbocycles. The predicted molar refractivity (Wildman–Crippen MR) is 110 cm³/mol. The van der Waals surface area contributed by atoms with Crippen molar-refractivity contribution < 1.29 is 9.90 Å². The zero-order chi connectivity index (χ0) is 20.6. The van der Waals surface area contributed by atoms with Gasteiger partial charge in [-0.2, -0.15) is 4.68 Å². The second-order valence-corrected chi connectivity index (χ2v) is 8.35. The van der Waals surface area contributed by atoms with Crippen LogP contribution in [0.5, 0.6) is 0 Å². The van der Waals surface area contributed by atoms with Gasteiger partial charge in [-0.05, 0) is 73.4 Å². The molecule has 2 aromatic carbocycles. The first-order chi connectivity index (χ1) is 13.9. The third-order valence-corrected chi connectivity index (χ3v) is 5.09. The molecular formula is C22H25N5O2. The van der Waals surface area contributed by atoms with Crippen molar-refractivity contribution in [3.63, 3.8) is 0 Å². The van der Waals surface area contributed by atoms with Crippen LogP contribution in [-0.4, -0.2) is 43.4 Å². The summed E-state index contributed by atoms with van der Waals surface area (Å²) in [5.41, 5.74) is 3.62. The summed E-state index contributed by atoms with van der Waals surface area (Å²) in [6, 6.07) is 13.8. The highest BCUT2D eigenvalue weighted by Gasteiger charge is 2.30. The Morgan fingerprint density at radius 3 is 2.55 bits per heavy atom. The molecule has 1 fully saturated rings. The summed E-state index contributed by atoms with van der Waals surface area (Å²) in [5, 5.41) is 24.6. The maximum atomic E-state index is 12.9. The maximum absolute atomic E-state index is 12.9. The third-order valence-electron chi connectivity index (χ3n) is 5.09. The van der Waals surface area contributed by atoms with Crippen molar-refractivity contribution in [1.82, 2.24) is 25.5 Å². The quantitative estimate of drug-likeness (QED) is 0.674. The molecule has 3 aromatic rings. The highest BCUT2D eigenvalue weighted by atomic mass is 16.3. The normalized spacial score (nSPS) is 14.1. The summed E-state index contributed by atoms with van der Waals surface area (Å²) >= 11 is 0. The van der Waals surface area contributed by atoms with E-state index in [1.165, 1.54) is 5.56 Å². The summed E-state index contributed by atoms with van der Waals surface area (Å²) in [4.78, 5) is 12.9. The van der Waals surface area contributed by atoms with Crippen molar-refractivity contribution in [2.45, 2.75) is 45.1 Å². The van der Waals surface area contributed by atoms with E-state index in [1.54, 1.807) is 24.6 Å². The fourth-order valence-electron chi connectivity index (χ4n) is 3.17. The Kier molecular flexibility index (Phi) is 4.92. The molecule has 4 rings (SSSR count). The molecule has 1 aliphatic carbocycles. The van der Waals surface area contributed by atoms with Gasteiger partial charge in [-0.25, -0.2) is 0 Å². The zero-order valence-corrected chi connectivity index (χ0v) is 16.9. The van der Waals surface area contributed by atoms with Crippen molar-refractivity contribution in [2.75, 3.05) is 6.61 Å². The number of tetrazole rings is 1. The van der Waals surface area contributed by atoms with E-state index in [2.05, 4.69) is 20.8 Å². The van der Waals surface area contributed by atoms with Crippen LogP contribution in [0, 0.1) is 6.92 Å². The number of nitrogens with zero attached hydrogens (tertiary/aromatic N) is 4. The Bertz CT molecular complexity index is 1040. The smallest absolute Gasteiger partial charge is 0.251 e. The minimum atomic E-state index is -0.717. The number of aryl methyl sites for hydroxylation is 1. The Morgan fingerprint density at radius 1 is 1.17 bits per heavy atom. The van der Waals surface area contributed by atoms with Gasteiger partial charge in [-0.3, -0.25) is 4.79 Å². The summed E-state index contributed by atoms with van der Waals surface area (Å²) in [6.07, 6.45) is 2.16. The van der Waals surface area contributed by atoms with Gasteiger partial charge in [0.1, 0.15) is 0 Å². The number of benzene rings is 2. The van der Waals surface area contributed by atoms with E-state index in [0.29, 0.717) is 11.5 Å². The number of aliphatic hydroxyl groups is 1. The van der Waals surface area contributed by atoms with Gasteiger partial charge in [0, 0.05) is 11.5 Å². The van der Waals surface area contributed by atoms with Crippen LogP contribution in [0.4, 0.5) is 0 Å². The maximum Gasteiger partial charge on any atom is 0.251 e. The first-order valence-electron chi connectivity index (χ1n) is 9.80. The first-order valence-corrected chi connectivity index (χ1v) is 9.80. The minimum Gasteiger partial charge on any atom is -0.394 e. The molecular weight excluding hydrogens is 366 g/mol. The second-order valence-electron chi connectivity index (χ2n) is 8.35. The van der Waals surface area contributed by atoms with Crippen molar-refractivity contribution >= 4 is 5.91 Å². The fourth-order valence-corrected chi connectivity index (χ4v) is 3.17. The lowest BCUT2D eigenvalue weighted by Gasteiger charge is -2.23. The standard InChI is InChI=1S/C22H25N5O2/c1-14-4-6-15(7-5-14)17-10-18(21(29)23-22(2,3)13-28)12-19(11-17)27-20(16-8-9-16)24-25-26-27/h4-7,10-12,16,28H,8-9,13H2,1-3H3,(H,23,29). The molecule has 0 spiro atoms. The molecule has 1 aliphatic rings. The van der Waals surface area contributed by atoms with Crippen LogP contribution in [0.25, 0.3) is 16.8 Å². The summed E-state index contributed by atoms with van der Waals surface area (Å²) < 4.78 is 1.73. The number of carbonyl (C=O) groups is 1. The molecule has 0 bridgehead atoms. The van der Waals surface area contributed by atoms with Gasteiger partial charge in [0.15, 0.2) is 5.82 Å². The molecule has 7 heteroatoms. The van der Waals surface area contributed by atoms with E-state index < -0.39 is 5.54 Å².